The molecule has 1 atom stereocenters. The minimum Gasteiger partial charge on any atom is -0.344 e. The van der Waals surface area contributed by atoms with E-state index < -0.39 is 0 Å². The number of amides is 1. The second kappa shape index (κ2) is 6.85. The SMILES string of the molecule is CN1c2ccccc2C[C@@H](C(=O)Nc2cccc(Cl)c2)c2ccccc21. The summed E-state index contributed by atoms with van der Waals surface area (Å²) in [6.07, 6.45) is 0.657. The molecule has 130 valence electrons. The number of rotatable bonds is 2. The van der Waals surface area contributed by atoms with Crippen LogP contribution in [0, 0.1) is 0 Å². The van der Waals surface area contributed by atoms with E-state index in [4.69, 9.17) is 11.6 Å². The predicted octanol–water partition coefficient (Wildman–Crippen LogP) is 5.39. The van der Waals surface area contributed by atoms with E-state index in [9.17, 15) is 4.79 Å². The Morgan fingerprint density at radius 1 is 1.00 bits per heavy atom. The van der Waals surface area contributed by atoms with Gasteiger partial charge in [-0.25, -0.2) is 0 Å². The molecule has 0 fully saturated rings. The molecule has 1 aliphatic heterocycles. The molecule has 1 heterocycles. The van der Waals surface area contributed by atoms with Crippen molar-refractivity contribution in [3.05, 3.63) is 88.9 Å². The van der Waals surface area contributed by atoms with Crippen LogP contribution in [0.2, 0.25) is 5.02 Å². The summed E-state index contributed by atoms with van der Waals surface area (Å²) in [5.41, 5.74) is 5.11. The summed E-state index contributed by atoms with van der Waals surface area (Å²) in [7, 11) is 2.05. The first-order chi connectivity index (χ1) is 12.6. The topological polar surface area (TPSA) is 32.3 Å². The fraction of sp³-hybridized carbons (Fsp3) is 0.136. The third kappa shape index (κ3) is 3.06. The second-order valence-corrected chi connectivity index (χ2v) is 6.94. The number of hydrogen-bond acceptors (Lipinski definition) is 2. The van der Waals surface area contributed by atoms with E-state index in [-0.39, 0.29) is 11.8 Å². The fourth-order valence-corrected chi connectivity index (χ4v) is 3.78. The highest BCUT2D eigenvalue weighted by Gasteiger charge is 2.29. The molecule has 0 unspecified atom stereocenters. The number of hydrogen-bond donors (Lipinski definition) is 1. The average molecular weight is 363 g/mol. The molecule has 0 radical (unpaired) electrons. The van der Waals surface area contributed by atoms with Crippen LogP contribution in [0.25, 0.3) is 0 Å². The summed E-state index contributed by atoms with van der Waals surface area (Å²) in [4.78, 5) is 15.3. The highest BCUT2D eigenvalue weighted by atomic mass is 35.5. The number of carbonyl (C=O) groups is 1. The van der Waals surface area contributed by atoms with Gasteiger partial charge < -0.3 is 10.2 Å². The number of fused-ring (bicyclic) bond motifs is 2. The molecule has 0 bridgehead atoms. The van der Waals surface area contributed by atoms with Crippen LogP contribution in [-0.4, -0.2) is 13.0 Å². The normalized spacial score (nSPS) is 15.6. The van der Waals surface area contributed by atoms with Crippen LogP contribution in [0.4, 0.5) is 17.1 Å². The number of para-hydroxylation sites is 2. The van der Waals surface area contributed by atoms with Crippen LogP contribution in [-0.2, 0) is 11.2 Å². The van der Waals surface area contributed by atoms with E-state index in [1.54, 1.807) is 12.1 Å². The Morgan fingerprint density at radius 3 is 2.54 bits per heavy atom. The predicted molar refractivity (Wildman–Crippen MR) is 107 cm³/mol. The molecule has 0 saturated carbocycles. The molecule has 3 aromatic carbocycles. The molecule has 3 aromatic rings. The third-order valence-electron chi connectivity index (χ3n) is 4.86. The highest BCUT2D eigenvalue weighted by Crippen LogP contribution is 2.40. The summed E-state index contributed by atoms with van der Waals surface area (Å²) in [5, 5.41) is 3.63. The van der Waals surface area contributed by atoms with E-state index in [2.05, 4.69) is 35.5 Å². The van der Waals surface area contributed by atoms with Gasteiger partial charge in [0, 0.05) is 29.1 Å². The molecular formula is C22H19ClN2O. The van der Waals surface area contributed by atoms with Crippen molar-refractivity contribution in [1.82, 2.24) is 0 Å². The smallest absolute Gasteiger partial charge is 0.232 e. The largest absolute Gasteiger partial charge is 0.344 e. The van der Waals surface area contributed by atoms with Gasteiger partial charge in [0.1, 0.15) is 0 Å². The Morgan fingerprint density at radius 2 is 1.73 bits per heavy atom. The molecule has 0 saturated heterocycles. The second-order valence-electron chi connectivity index (χ2n) is 6.50. The van der Waals surface area contributed by atoms with Gasteiger partial charge in [-0.1, -0.05) is 54.1 Å². The lowest BCUT2D eigenvalue weighted by molar-refractivity contribution is -0.117. The van der Waals surface area contributed by atoms with Gasteiger partial charge in [0.2, 0.25) is 5.91 Å². The lowest BCUT2D eigenvalue weighted by Gasteiger charge is -2.22. The zero-order chi connectivity index (χ0) is 18.1. The Kier molecular flexibility index (Phi) is 4.39. The van der Waals surface area contributed by atoms with Crippen molar-refractivity contribution in [1.29, 1.82) is 0 Å². The summed E-state index contributed by atoms with van der Waals surface area (Å²) in [5.74, 6) is -0.291. The summed E-state index contributed by atoms with van der Waals surface area (Å²) < 4.78 is 0. The minimum atomic E-state index is -0.267. The number of benzene rings is 3. The first-order valence-corrected chi connectivity index (χ1v) is 8.98. The van der Waals surface area contributed by atoms with Crippen LogP contribution in [0.5, 0.6) is 0 Å². The van der Waals surface area contributed by atoms with Gasteiger partial charge in [-0.2, -0.15) is 0 Å². The molecule has 0 aromatic heterocycles. The molecular weight excluding hydrogens is 344 g/mol. The maximum atomic E-state index is 13.1. The maximum absolute atomic E-state index is 13.1. The van der Waals surface area contributed by atoms with E-state index in [1.165, 1.54) is 0 Å². The van der Waals surface area contributed by atoms with Crippen LogP contribution in [0.3, 0.4) is 0 Å². The van der Waals surface area contributed by atoms with E-state index in [0.717, 1.165) is 22.5 Å². The fourth-order valence-electron chi connectivity index (χ4n) is 3.59. The standard InChI is InChI=1S/C22H19ClN2O/c1-25-20-11-4-2-7-15(20)13-19(18-10-3-5-12-21(18)25)22(26)24-17-9-6-8-16(23)14-17/h2-12,14,19H,13H2,1H3,(H,24,26)/t19-/m1/s1. The molecule has 1 amide bonds. The third-order valence-corrected chi connectivity index (χ3v) is 5.09. The van der Waals surface area contributed by atoms with Crippen molar-refractivity contribution in [2.75, 3.05) is 17.3 Å². The first-order valence-electron chi connectivity index (χ1n) is 8.60. The molecule has 26 heavy (non-hydrogen) atoms. The monoisotopic (exact) mass is 362 g/mol. The molecule has 4 heteroatoms. The summed E-state index contributed by atoms with van der Waals surface area (Å²) >= 11 is 6.05. The Bertz CT molecular complexity index is 970. The van der Waals surface area contributed by atoms with Crippen molar-refractivity contribution >= 4 is 34.6 Å². The van der Waals surface area contributed by atoms with Gasteiger partial charge in [-0.3, -0.25) is 4.79 Å². The molecule has 1 N–H and O–H groups in total. The van der Waals surface area contributed by atoms with Crippen LogP contribution in [0.1, 0.15) is 17.0 Å². The van der Waals surface area contributed by atoms with E-state index in [1.807, 2.05) is 42.5 Å². The zero-order valence-corrected chi connectivity index (χ0v) is 15.2. The van der Waals surface area contributed by atoms with Gasteiger partial charge in [0.05, 0.1) is 5.92 Å². The van der Waals surface area contributed by atoms with Crippen molar-refractivity contribution in [2.45, 2.75) is 12.3 Å². The molecule has 3 nitrogen and oxygen atoms in total. The summed E-state index contributed by atoms with van der Waals surface area (Å²) in [6, 6.07) is 23.6. The van der Waals surface area contributed by atoms with E-state index >= 15 is 0 Å². The Balaban J connectivity index is 1.75. The zero-order valence-electron chi connectivity index (χ0n) is 14.4. The molecule has 4 rings (SSSR count). The quantitative estimate of drug-likeness (QED) is 0.663. The van der Waals surface area contributed by atoms with Gasteiger partial charge in [0.25, 0.3) is 0 Å². The van der Waals surface area contributed by atoms with Crippen molar-refractivity contribution < 1.29 is 4.79 Å². The number of nitrogens with zero attached hydrogens (tertiary/aromatic N) is 1. The van der Waals surface area contributed by atoms with Gasteiger partial charge in [-0.15, -0.1) is 0 Å². The lowest BCUT2D eigenvalue weighted by Crippen LogP contribution is -2.23. The maximum Gasteiger partial charge on any atom is 0.232 e. The Labute approximate surface area is 158 Å². The number of carbonyl (C=O) groups excluding carboxylic acids is 1. The average Bonchev–Trinajstić information content (AvgIpc) is 2.77. The van der Waals surface area contributed by atoms with E-state index in [0.29, 0.717) is 17.1 Å². The molecule has 1 aliphatic rings. The number of nitrogens with one attached hydrogen (secondary N) is 1. The van der Waals surface area contributed by atoms with Gasteiger partial charge >= 0.3 is 0 Å². The van der Waals surface area contributed by atoms with Crippen molar-refractivity contribution in [2.24, 2.45) is 0 Å². The lowest BCUT2D eigenvalue weighted by atomic mass is 9.91. The van der Waals surface area contributed by atoms with Gasteiger partial charge in [0.15, 0.2) is 0 Å². The highest BCUT2D eigenvalue weighted by molar-refractivity contribution is 6.30. The van der Waals surface area contributed by atoms with Crippen LogP contribution in [0.15, 0.2) is 72.8 Å². The summed E-state index contributed by atoms with van der Waals surface area (Å²) in [6.45, 7) is 0. The van der Waals surface area contributed by atoms with Crippen LogP contribution >= 0.6 is 11.6 Å². The van der Waals surface area contributed by atoms with Gasteiger partial charge in [-0.05, 0) is 47.9 Å². The van der Waals surface area contributed by atoms with Crippen LogP contribution < -0.4 is 10.2 Å². The van der Waals surface area contributed by atoms with Crippen molar-refractivity contribution in [3.8, 4) is 0 Å². The molecule has 0 spiro atoms. The van der Waals surface area contributed by atoms with Crippen molar-refractivity contribution in [3.63, 3.8) is 0 Å². The first kappa shape index (κ1) is 16.7. The molecule has 0 aliphatic carbocycles. The Hall–Kier alpha value is -2.78. The number of halogens is 1. The minimum absolute atomic E-state index is 0.0233. The number of anilines is 3.